The molecule has 0 unspecified atom stereocenters. The van der Waals surface area contributed by atoms with Gasteiger partial charge in [-0.15, -0.1) is 11.8 Å². The molecule has 0 saturated carbocycles. The Morgan fingerprint density at radius 3 is 2.76 bits per heavy atom. The van der Waals surface area contributed by atoms with E-state index in [2.05, 4.69) is 15.0 Å². The number of imidazole rings is 1. The largest absolute Gasteiger partial charge is 0.393 e. The molecule has 0 bridgehead atoms. The maximum Gasteiger partial charge on any atom is 0.203 e. The topological polar surface area (TPSA) is 123 Å². The number of rotatable bonds is 3. The quantitative estimate of drug-likeness (QED) is 0.488. The molecule has 0 amide bonds. The van der Waals surface area contributed by atoms with E-state index in [1.165, 1.54) is 29.0 Å². The van der Waals surface area contributed by atoms with Crippen LogP contribution in [0.25, 0.3) is 11.2 Å². The van der Waals surface area contributed by atoms with Crippen LogP contribution in [0.2, 0.25) is 0 Å². The van der Waals surface area contributed by atoms with E-state index in [9.17, 15) is 10.2 Å². The fraction of sp³-hybridized carbons (Fsp3) is 0.545. The third kappa shape index (κ3) is 2.50. The van der Waals surface area contributed by atoms with Crippen LogP contribution < -0.4 is 0 Å². The normalized spacial score (nSPS) is 29.9. The summed E-state index contributed by atoms with van der Waals surface area (Å²) in [6.45, 7) is -0.442. The van der Waals surface area contributed by atoms with Crippen molar-refractivity contribution in [3.8, 4) is 0 Å². The second-order valence-corrected chi connectivity index (χ2v) is 5.17. The fourth-order valence-corrected chi connectivity index (χ4v) is 2.60. The lowest BCUT2D eigenvalue weighted by molar-refractivity contribution is -0.355. The van der Waals surface area contributed by atoms with Crippen molar-refractivity contribution in [3.63, 3.8) is 0 Å². The van der Waals surface area contributed by atoms with Gasteiger partial charge in [0.25, 0.3) is 0 Å². The maximum atomic E-state index is 9.92. The molecule has 3 heterocycles. The molecule has 1 fully saturated rings. The zero-order valence-electron chi connectivity index (χ0n) is 11.0. The Hall–Kier alpha value is -1.30. The highest BCUT2D eigenvalue weighted by Gasteiger charge is 2.38. The van der Waals surface area contributed by atoms with Gasteiger partial charge < -0.3 is 24.8 Å². The average Bonchev–Trinajstić information content (AvgIpc) is 2.91. The molecule has 2 aromatic heterocycles. The molecule has 3 rings (SSSR count). The predicted molar refractivity (Wildman–Crippen MR) is 71.2 cm³/mol. The molecule has 10 heteroatoms. The second-order valence-electron chi connectivity index (χ2n) is 4.37. The molecule has 0 radical (unpaired) electrons. The molecule has 4 atom stereocenters. The van der Waals surface area contributed by atoms with Gasteiger partial charge in [0.15, 0.2) is 18.2 Å². The summed E-state index contributed by atoms with van der Waals surface area (Å²) in [6.07, 6.45) is -0.0322. The van der Waals surface area contributed by atoms with E-state index in [0.29, 0.717) is 16.2 Å². The summed E-state index contributed by atoms with van der Waals surface area (Å²) in [5, 5.41) is 29.3. The van der Waals surface area contributed by atoms with E-state index < -0.39 is 31.5 Å². The van der Waals surface area contributed by atoms with Gasteiger partial charge in [0.1, 0.15) is 23.0 Å². The molecule has 0 aliphatic carbocycles. The van der Waals surface area contributed by atoms with E-state index in [4.69, 9.17) is 14.6 Å². The smallest absolute Gasteiger partial charge is 0.203 e. The van der Waals surface area contributed by atoms with Crippen LogP contribution in [0, 0.1) is 0 Å². The number of hydrogen-bond donors (Lipinski definition) is 3. The van der Waals surface area contributed by atoms with Crippen LogP contribution in [0.3, 0.4) is 0 Å². The molecule has 0 spiro atoms. The van der Waals surface area contributed by atoms with Gasteiger partial charge in [-0.2, -0.15) is 0 Å². The number of fused-ring (bicyclic) bond motifs is 1. The molecule has 21 heavy (non-hydrogen) atoms. The monoisotopic (exact) mass is 314 g/mol. The van der Waals surface area contributed by atoms with Crippen molar-refractivity contribution >= 4 is 22.9 Å². The zero-order chi connectivity index (χ0) is 15.0. The Morgan fingerprint density at radius 1 is 1.24 bits per heavy atom. The highest BCUT2D eigenvalue weighted by molar-refractivity contribution is 7.98. The third-order valence-electron chi connectivity index (χ3n) is 3.13. The number of hydrogen-bond acceptors (Lipinski definition) is 9. The molecular weight excluding hydrogens is 300 g/mol. The predicted octanol–water partition coefficient (Wildman–Crippen LogP) is -0.909. The number of aliphatic hydroxyl groups is 3. The Morgan fingerprint density at radius 2 is 2.05 bits per heavy atom. The standard InChI is InChI=1S/C11H14N4O5S/c1-21-8-6-7(12-3-13-8)15(4-14-6)9-11(18)20-10(17)5(2-16)19-9/h3-5,9-11,16-18H,2H2,1H3/t5-,9+,10-,11+/m0/s1. The number of aliphatic hydroxyl groups excluding tert-OH is 3. The number of ether oxygens (including phenoxy) is 2. The second kappa shape index (κ2) is 5.83. The van der Waals surface area contributed by atoms with Crippen molar-refractivity contribution in [1.82, 2.24) is 19.5 Å². The molecular formula is C11H14N4O5S. The summed E-state index contributed by atoms with van der Waals surface area (Å²) in [6, 6.07) is 0. The molecule has 1 aliphatic rings. The number of thioether (sulfide) groups is 1. The molecule has 1 aliphatic heterocycles. The van der Waals surface area contributed by atoms with Crippen molar-refractivity contribution in [2.24, 2.45) is 0 Å². The Labute approximate surface area is 123 Å². The lowest BCUT2D eigenvalue weighted by atomic mass is 10.3. The molecule has 1 saturated heterocycles. The molecule has 9 nitrogen and oxygen atoms in total. The molecule has 3 N–H and O–H groups in total. The highest BCUT2D eigenvalue weighted by Crippen LogP contribution is 2.29. The van der Waals surface area contributed by atoms with Crippen LogP contribution in [-0.4, -0.2) is 66.4 Å². The van der Waals surface area contributed by atoms with Crippen molar-refractivity contribution < 1.29 is 24.8 Å². The minimum Gasteiger partial charge on any atom is -0.393 e. The number of nitrogens with zero attached hydrogens (tertiary/aromatic N) is 4. The van der Waals surface area contributed by atoms with Crippen molar-refractivity contribution in [2.45, 2.75) is 29.9 Å². The lowest BCUT2D eigenvalue weighted by Crippen LogP contribution is -2.48. The van der Waals surface area contributed by atoms with E-state index in [1.54, 1.807) is 0 Å². The summed E-state index contributed by atoms with van der Waals surface area (Å²) in [5.74, 6) is 0. The van der Waals surface area contributed by atoms with Gasteiger partial charge in [-0.1, -0.05) is 0 Å². The van der Waals surface area contributed by atoms with Crippen molar-refractivity contribution in [1.29, 1.82) is 0 Å². The van der Waals surface area contributed by atoms with Gasteiger partial charge in [0.2, 0.25) is 6.29 Å². The molecule has 2 aromatic rings. The minimum absolute atomic E-state index is 0.442. The van der Waals surface area contributed by atoms with E-state index in [1.807, 2.05) is 6.26 Å². The van der Waals surface area contributed by atoms with Crippen LogP contribution in [-0.2, 0) is 9.47 Å². The maximum absolute atomic E-state index is 9.92. The third-order valence-corrected chi connectivity index (χ3v) is 3.81. The first-order chi connectivity index (χ1) is 10.2. The van der Waals surface area contributed by atoms with Gasteiger partial charge in [-0.25, -0.2) is 15.0 Å². The minimum atomic E-state index is -1.41. The van der Waals surface area contributed by atoms with Crippen molar-refractivity contribution in [3.05, 3.63) is 12.7 Å². The Balaban J connectivity index is 2.00. The van der Waals surface area contributed by atoms with E-state index in [0.717, 1.165) is 0 Å². The van der Waals surface area contributed by atoms with Crippen LogP contribution in [0.5, 0.6) is 0 Å². The van der Waals surface area contributed by atoms with E-state index in [-0.39, 0.29) is 0 Å². The summed E-state index contributed by atoms with van der Waals surface area (Å²) in [7, 11) is 0. The first kappa shape index (κ1) is 14.6. The summed E-state index contributed by atoms with van der Waals surface area (Å²) in [4.78, 5) is 12.5. The van der Waals surface area contributed by atoms with Gasteiger partial charge in [-0.05, 0) is 6.26 Å². The lowest BCUT2D eigenvalue weighted by Gasteiger charge is -2.36. The highest BCUT2D eigenvalue weighted by atomic mass is 32.2. The van der Waals surface area contributed by atoms with Crippen LogP contribution in [0.4, 0.5) is 0 Å². The summed E-state index contributed by atoms with van der Waals surface area (Å²) >= 11 is 1.42. The zero-order valence-corrected chi connectivity index (χ0v) is 11.8. The van der Waals surface area contributed by atoms with Gasteiger partial charge >= 0.3 is 0 Å². The first-order valence-corrected chi connectivity index (χ1v) is 7.37. The van der Waals surface area contributed by atoms with Crippen molar-refractivity contribution in [2.75, 3.05) is 12.9 Å². The van der Waals surface area contributed by atoms with Gasteiger partial charge in [0.05, 0.1) is 12.9 Å². The Kier molecular flexibility index (Phi) is 4.06. The molecule has 114 valence electrons. The van der Waals surface area contributed by atoms with Crippen LogP contribution in [0.15, 0.2) is 17.7 Å². The fourth-order valence-electron chi connectivity index (χ4n) is 2.11. The van der Waals surface area contributed by atoms with Gasteiger partial charge in [0, 0.05) is 0 Å². The summed E-state index contributed by atoms with van der Waals surface area (Å²) in [5.41, 5.74) is 1.04. The number of aromatic nitrogens is 4. The van der Waals surface area contributed by atoms with Crippen LogP contribution >= 0.6 is 11.8 Å². The SMILES string of the molecule is CSc1ncnc2c1ncn2[C@@H]1O[C@@H](CO)[C@@H](O)O[C@H]1O. The van der Waals surface area contributed by atoms with Crippen LogP contribution in [0.1, 0.15) is 6.23 Å². The summed E-state index contributed by atoms with van der Waals surface area (Å²) < 4.78 is 11.9. The van der Waals surface area contributed by atoms with E-state index >= 15 is 0 Å². The average molecular weight is 314 g/mol. The Bertz CT molecular complexity index is 638. The first-order valence-electron chi connectivity index (χ1n) is 6.15. The van der Waals surface area contributed by atoms with Gasteiger partial charge in [-0.3, -0.25) is 4.57 Å². The molecule has 0 aromatic carbocycles.